The molecule has 220 valence electrons. The van der Waals surface area contributed by atoms with Crippen molar-refractivity contribution in [1.29, 1.82) is 0 Å². The number of nitrogens with zero attached hydrogens (tertiary/aromatic N) is 2. The van der Waals surface area contributed by atoms with Crippen LogP contribution >= 0.6 is 0 Å². The van der Waals surface area contributed by atoms with Crippen molar-refractivity contribution in [3.63, 3.8) is 0 Å². The fourth-order valence-corrected chi connectivity index (χ4v) is 6.67. The molecule has 0 radical (unpaired) electrons. The van der Waals surface area contributed by atoms with E-state index in [4.69, 9.17) is 9.47 Å². The lowest BCUT2D eigenvalue weighted by atomic mass is 9.79. The van der Waals surface area contributed by atoms with E-state index in [2.05, 4.69) is 36.0 Å². The summed E-state index contributed by atoms with van der Waals surface area (Å²) < 4.78 is 26.8. The highest BCUT2D eigenvalue weighted by molar-refractivity contribution is 5.59. The predicted molar refractivity (Wildman–Crippen MR) is 164 cm³/mol. The molecule has 0 amide bonds. The number of aryl methyl sites for hydroxylation is 1. The van der Waals surface area contributed by atoms with Gasteiger partial charge in [0.1, 0.15) is 18.1 Å². The Morgan fingerprint density at radius 3 is 2.63 bits per heavy atom. The van der Waals surface area contributed by atoms with Crippen LogP contribution in [0.2, 0.25) is 0 Å². The van der Waals surface area contributed by atoms with Crippen LogP contribution in [0.5, 0.6) is 11.5 Å². The van der Waals surface area contributed by atoms with Gasteiger partial charge in [0, 0.05) is 43.9 Å². The van der Waals surface area contributed by atoms with Crippen molar-refractivity contribution in [2.24, 2.45) is 5.92 Å². The number of halogens is 1. The van der Waals surface area contributed by atoms with Gasteiger partial charge in [0.25, 0.3) is 0 Å². The maximum atomic E-state index is 15.3. The molecule has 2 unspecified atom stereocenters. The van der Waals surface area contributed by atoms with E-state index in [-0.39, 0.29) is 11.7 Å². The van der Waals surface area contributed by atoms with Crippen LogP contribution in [0, 0.1) is 5.92 Å². The predicted octanol–water partition coefficient (Wildman–Crippen LogP) is 7.31. The number of methoxy groups -OCH3 is 1. The second-order valence-electron chi connectivity index (χ2n) is 11.9. The minimum absolute atomic E-state index is 0.101. The van der Waals surface area contributed by atoms with E-state index in [9.17, 15) is 5.11 Å². The molecule has 0 aromatic heterocycles. The second-order valence-corrected chi connectivity index (χ2v) is 11.9. The number of anilines is 1. The third-order valence-corrected chi connectivity index (χ3v) is 9.09. The first-order valence-corrected chi connectivity index (χ1v) is 15.2. The van der Waals surface area contributed by atoms with Crippen molar-refractivity contribution in [1.82, 2.24) is 4.90 Å². The van der Waals surface area contributed by atoms with Crippen molar-refractivity contribution in [3.05, 3.63) is 89.0 Å². The molecule has 0 heterocycles. The molecule has 2 aromatic rings. The number of phenols is 1. The van der Waals surface area contributed by atoms with Crippen LogP contribution < -0.4 is 9.64 Å². The van der Waals surface area contributed by atoms with E-state index in [0.717, 1.165) is 37.2 Å². The number of likely N-dealkylation sites (N-methyl/N-ethyl adjacent to an activating group) is 1. The smallest absolute Gasteiger partial charge is 0.161 e. The first kappa shape index (κ1) is 29.2. The molecule has 0 aliphatic heterocycles. The van der Waals surface area contributed by atoms with E-state index in [1.165, 1.54) is 48.8 Å². The summed E-state index contributed by atoms with van der Waals surface area (Å²) in [6, 6.07) is 12.7. The molecule has 3 aliphatic rings. The Kier molecular flexibility index (Phi) is 9.71. The maximum absolute atomic E-state index is 15.3. The number of ether oxygens (including phenoxy) is 2. The highest BCUT2D eigenvalue weighted by Crippen LogP contribution is 2.40. The number of hydrogen-bond acceptors (Lipinski definition) is 5. The lowest BCUT2D eigenvalue weighted by molar-refractivity contribution is 0.129. The summed E-state index contributed by atoms with van der Waals surface area (Å²) in [5.41, 5.74) is 4.92. The van der Waals surface area contributed by atoms with Crippen molar-refractivity contribution >= 4 is 5.69 Å². The average molecular weight is 561 g/mol. The van der Waals surface area contributed by atoms with Crippen LogP contribution in [-0.2, 0) is 17.6 Å². The number of phenolic OH excluding ortho intramolecular Hbond substituents is 1. The minimum Gasteiger partial charge on any atom is -0.508 e. The summed E-state index contributed by atoms with van der Waals surface area (Å²) in [4.78, 5) is 4.58. The summed E-state index contributed by atoms with van der Waals surface area (Å²) >= 11 is 0. The Balaban J connectivity index is 1.23. The second kappa shape index (κ2) is 13.6. The molecule has 1 N–H and O–H groups in total. The lowest BCUT2D eigenvalue weighted by Gasteiger charge is -2.31. The molecule has 2 atom stereocenters. The van der Waals surface area contributed by atoms with Crippen molar-refractivity contribution in [2.75, 3.05) is 45.8 Å². The first-order chi connectivity index (χ1) is 19.9. The third kappa shape index (κ3) is 7.34. The summed E-state index contributed by atoms with van der Waals surface area (Å²) in [5.74, 6) is 1.42. The minimum atomic E-state index is -0.299. The number of rotatable bonds is 10. The van der Waals surface area contributed by atoms with Gasteiger partial charge in [-0.2, -0.15) is 0 Å². The Hall–Kier alpha value is -3.25. The van der Waals surface area contributed by atoms with Gasteiger partial charge in [0.05, 0.1) is 7.11 Å². The van der Waals surface area contributed by atoms with Crippen LogP contribution in [0.1, 0.15) is 61.1 Å². The normalized spacial score (nSPS) is 21.1. The highest BCUT2D eigenvalue weighted by Gasteiger charge is 2.25. The van der Waals surface area contributed by atoms with E-state index < -0.39 is 0 Å². The third-order valence-electron chi connectivity index (χ3n) is 9.09. The molecular weight excluding hydrogens is 515 g/mol. The number of aromatic hydroxyl groups is 1. The van der Waals surface area contributed by atoms with Gasteiger partial charge < -0.3 is 24.4 Å². The molecule has 3 aliphatic carbocycles. The van der Waals surface area contributed by atoms with Gasteiger partial charge in [0.2, 0.25) is 0 Å². The Morgan fingerprint density at radius 2 is 1.83 bits per heavy atom. The quantitative estimate of drug-likeness (QED) is 0.330. The molecule has 5 nitrogen and oxygen atoms in total. The maximum Gasteiger partial charge on any atom is 0.161 e. The van der Waals surface area contributed by atoms with E-state index in [1.807, 2.05) is 30.4 Å². The van der Waals surface area contributed by atoms with Gasteiger partial charge in [-0.05, 0) is 92.1 Å². The average Bonchev–Trinajstić information content (AvgIpc) is 3.17. The van der Waals surface area contributed by atoms with Crippen molar-refractivity contribution in [2.45, 2.75) is 63.3 Å². The van der Waals surface area contributed by atoms with Crippen LogP contribution in [0.15, 0.2) is 72.3 Å². The monoisotopic (exact) mass is 560 g/mol. The fraction of sp³-hybridized carbons (Fsp3) is 0.486. The van der Waals surface area contributed by atoms with E-state index in [0.29, 0.717) is 36.6 Å². The largest absolute Gasteiger partial charge is 0.508 e. The molecule has 1 fully saturated rings. The Labute approximate surface area is 245 Å². The van der Waals surface area contributed by atoms with Crippen LogP contribution in [0.25, 0.3) is 0 Å². The van der Waals surface area contributed by atoms with E-state index >= 15 is 4.39 Å². The lowest BCUT2D eigenvalue weighted by Crippen LogP contribution is -2.35. The number of benzene rings is 2. The Bertz CT molecular complexity index is 1280. The number of hydrogen-bond donors (Lipinski definition) is 1. The summed E-state index contributed by atoms with van der Waals surface area (Å²) in [6.45, 7) is 1.92. The zero-order chi connectivity index (χ0) is 28.8. The zero-order valence-electron chi connectivity index (χ0n) is 24.8. The summed E-state index contributed by atoms with van der Waals surface area (Å²) in [6.07, 6.45) is 16.7. The van der Waals surface area contributed by atoms with Gasteiger partial charge in [-0.1, -0.05) is 43.5 Å². The SMILES string of the molecule is COc1ccc(C2CCc3cc(O)ccc3C2)c(N(C)CC2C=CC=C(OCCN(C)C3CCCCC3)C(F)=C2)c1. The summed E-state index contributed by atoms with van der Waals surface area (Å²) in [5, 5.41) is 9.90. The number of allylic oxidation sites excluding steroid dienone is 3. The molecule has 5 rings (SSSR count). The molecule has 2 aromatic carbocycles. The van der Waals surface area contributed by atoms with Gasteiger partial charge in [-0.15, -0.1) is 0 Å². The molecular formula is C35H45FN2O3. The van der Waals surface area contributed by atoms with Gasteiger partial charge in [0.15, 0.2) is 11.6 Å². The fourth-order valence-electron chi connectivity index (χ4n) is 6.67. The topological polar surface area (TPSA) is 45.2 Å². The molecule has 6 heteroatoms. The van der Waals surface area contributed by atoms with E-state index in [1.54, 1.807) is 25.3 Å². The van der Waals surface area contributed by atoms with Crippen LogP contribution in [-0.4, -0.2) is 56.9 Å². The highest BCUT2D eigenvalue weighted by atomic mass is 19.1. The van der Waals surface area contributed by atoms with Crippen molar-refractivity contribution < 1.29 is 19.0 Å². The zero-order valence-corrected chi connectivity index (χ0v) is 24.8. The molecule has 0 spiro atoms. The van der Waals surface area contributed by atoms with Crippen molar-refractivity contribution in [3.8, 4) is 11.5 Å². The van der Waals surface area contributed by atoms with Gasteiger partial charge in [-0.25, -0.2) is 4.39 Å². The van der Waals surface area contributed by atoms with Crippen LogP contribution in [0.3, 0.4) is 0 Å². The standard InChI is InChI=1S/C35H45FN2O3/c1-37(29-9-5-4-6-10-29)18-19-41-35-11-7-8-25(20-33(35)36)24-38(2)34-23-31(40-3)16-17-32(34)28-13-12-27-22-30(39)15-14-26(27)21-28/h7-8,11,14-17,20,22-23,25,28-29,39H,4-6,9-10,12-13,18-19,21,24H2,1-3H3. The van der Waals surface area contributed by atoms with Gasteiger partial charge >= 0.3 is 0 Å². The molecule has 1 saturated carbocycles. The first-order valence-electron chi connectivity index (χ1n) is 15.2. The Morgan fingerprint density at radius 1 is 1.00 bits per heavy atom. The number of fused-ring (bicyclic) bond motifs is 1. The molecule has 0 saturated heterocycles. The summed E-state index contributed by atoms with van der Waals surface area (Å²) in [7, 11) is 5.92. The van der Waals surface area contributed by atoms with Gasteiger partial charge in [-0.3, -0.25) is 0 Å². The van der Waals surface area contributed by atoms with Crippen LogP contribution in [0.4, 0.5) is 10.1 Å². The molecule has 0 bridgehead atoms. The molecule has 41 heavy (non-hydrogen) atoms.